The van der Waals surface area contributed by atoms with E-state index in [1.807, 2.05) is 0 Å². The molecule has 2 unspecified atom stereocenters. The molecule has 3 N–H and O–H groups in total. The van der Waals surface area contributed by atoms with Crippen molar-refractivity contribution in [2.24, 2.45) is 0 Å². The van der Waals surface area contributed by atoms with Gasteiger partial charge in [-0.25, -0.2) is 0 Å². The Morgan fingerprint density at radius 3 is 2.56 bits per heavy atom. The van der Waals surface area contributed by atoms with E-state index >= 15 is 0 Å². The minimum absolute atomic E-state index is 0.00684. The van der Waals surface area contributed by atoms with Crippen LogP contribution in [0.2, 0.25) is 0 Å². The molecule has 0 saturated heterocycles. The van der Waals surface area contributed by atoms with Crippen molar-refractivity contribution in [3.8, 4) is 5.75 Å². The molecule has 0 aliphatic heterocycles. The molecular weight excluding hydrogens is 236 g/mol. The highest BCUT2D eigenvalue weighted by molar-refractivity contribution is 5.70. The van der Waals surface area contributed by atoms with E-state index < -0.39 is 18.2 Å². The van der Waals surface area contributed by atoms with Crippen molar-refractivity contribution in [3.63, 3.8) is 0 Å². The van der Waals surface area contributed by atoms with E-state index in [0.29, 0.717) is 5.56 Å². The molecule has 5 nitrogen and oxygen atoms in total. The molecule has 1 aromatic rings. The summed E-state index contributed by atoms with van der Waals surface area (Å²) >= 11 is 0. The first kappa shape index (κ1) is 14.5. The molecule has 0 aliphatic carbocycles. The fourth-order valence-corrected chi connectivity index (χ4v) is 1.69. The van der Waals surface area contributed by atoms with Crippen LogP contribution in [-0.2, 0) is 9.53 Å². The minimum atomic E-state index is -1.26. The molecule has 0 aliphatic rings. The maximum Gasteiger partial charge on any atom is 0.308 e. The molecule has 1 rings (SSSR count). The summed E-state index contributed by atoms with van der Waals surface area (Å²) in [6, 6.07) is 4.53. The number of aliphatic hydroxyl groups is 2. The lowest BCUT2D eigenvalue weighted by Gasteiger charge is -2.18. The topological polar surface area (TPSA) is 87.0 Å². The summed E-state index contributed by atoms with van der Waals surface area (Å²) in [5.74, 6) is -0.562. The van der Waals surface area contributed by atoms with Gasteiger partial charge in [-0.3, -0.25) is 4.79 Å². The van der Waals surface area contributed by atoms with Crippen molar-refractivity contribution in [2.75, 3.05) is 6.61 Å². The van der Waals surface area contributed by atoms with Gasteiger partial charge < -0.3 is 20.1 Å². The smallest absolute Gasteiger partial charge is 0.308 e. The molecule has 0 bridgehead atoms. The van der Waals surface area contributed by atoms with Gasteiger partial charge in [0.25, 0.3) is 0 Å². The zero-order valence-corrected chi connectivity index (χ0v) is 10.5. The second kappa shape index (κ2) is 6.37. The third-order valence-electron chi connectivity index (χ3n) is 2.47. The van der Waals surface area contributed by atoms with Crippen molar-refractivity contribution in [2.45, 2.75) is 32.5 Å². The number of aromatic hydroxyl groups is 1. The first-order valence-corrected chi connectivity index (χ1v) is 5.76. The van der Waals surface area contributed by atoms with Crippen molar-refractivity contribution in [3.05, 3.63) is 29.3 Å². The van der Waals surface area contributed by atoms with Gasteiger partial charge >= 0.3 is 5.97 Å². The molecule has 0 amide bonds. The number of benzene rings is 1. The molecule has 5 heteroatoms. The molecule has 0 heterocycles. The number of aryl methyl sites for hydroxylation is 1. The first-order chi connectivity index (χ1) is 8.43. The third-order valence-corrected chi connectivity index (χ3v) is 2.47. The minimum Gasteiger partial charge on any atom is -0.508 e. The molecule has 0 radical (unpaired) electrons. The maximum absolute atomic E-state index is 11.2. The van der Waals surface area contributed by atoms with Gasteiger partial charge in [0, 0.05) is 0 Å². The van der Waals surface area contributed by atoms with E-state index in [2.05, 4.69) is 4.74 Å². The lowest BCUT2D eigenvalue weighted by molar-refractivity contribution is -0.147. The summed E-state index contributed by atoms with van der Waals surface area (Å²) in [5.41, 5.74) is 1.12. The number of hydrogen-bond donors (Lipinski definition) is 3. The number of esters is 1. The normalized spacial score (nSPS) is 14.0. The van der Waals surface area contributed by atoms with Gasteiger partial charge in [0.1, 0.15) is 11.9 Å². The zero-order chi connectivity index (χ0) is 13.7. The number of phenolic OH excluding ortho intramolecular Hbond substituents is 1. The molecule has 100 valence electrons. The van der Waals surface area contributed by atoms with Crippen LogP contribution in [0.1, 0.15) is 30.6 Å². The van der Waals surface area contributed by atoms with Crippen LogP contribution in [0, 0.1) is 6.92 Å². The van der Waals surface area contributed by atoms with Gasteiger partial charge in [0.15, 0.2) is 0 Å². The molecular formula is C13H18O5. The lowest BCUT2D eigenvalue weighted by atomic mass is 10.00. The van der Waals surface area contributed by atoms with Crippen LogP contribution in [-0.4, -0.2) is 34.0 Å². The summed E-state index contributed by atoms with van der Waals surface area (Å²) in [6.07, 6.45) is -2.78. The molecule has 2 atom stereocenters. The summed E-state index contributed by atoms with van der Waals surface area (Å²) in [6.45, 7) is 3.65. The SMILES string of the molecule is CCOC(=O)CC(O)C(O)c1cc(C)cc(O)c1. The summed E-state index contributed by atoms with van der Waals surface area (Å²) < 4.78 is 4.69. The number of carbonyl (C=O) groups excluding carboxylic acids is 1. The standard InChI is InChI=1S/C13H18O5/c1-3-18-12(16)7-11(15)13(17)9-4-8(2)5-10(14)6-9/h4-6,11,13-15,17H,3,7H2,1-2H3. The predicted molar refractivity (Wildman–Crippen MR) is 65.1 cm³/mol. The summed E-state index contributed by atoms with van der Waals surface area (Å²) in [5, 5.41) is 29.0. The quantitative estimate of drug-likeness (QED) is 0.684. The van der Waals surface area contributed by atoms with Crippen LogP contribution in [0.25, 0.3) is 0 Å². The second-order valence-electron chi connectivity index (χ2n) is 4.12. The average Bonchev–Trinajstić information content (AvgIpc) is 2.26. The van der Waals surface area contributed by atoms with E-state index in [0.717, 1.165) is 5.56 Å². The highest BCUT2D eigenvalue weighted by Gasteiger charge is 2.22. The number of phenols is 1. The fraction of sp³-hybridized carbons (Fsp3) is 0.462. The molecule has 0 saturated carbocycles. The second-order valence-corrected chi connectivity index (χ2v) is 4.12. The number of rotatable bonds is 5. The van der Waals surface area contributed by atoms with Crippen LogP contribution in [0.15, 0.2) is 18.2 Å². The molecule has 0 fully saturated rings. The number of aliphatic hydroxyl groups excluding tert-OH is 2. The van der Waals surface area contributed by atoms with Gasteiger partial charge in [-0.05, 0) is 37.1 Å². The van der Waals surface area contributed by atoms with E-state index in [1.165, 1.54) is 12.1 Å². The largest absolute Gasteiger partial charge is 0.508 e. The highest BCUT2D eigenvalue weighted by atomic mass is 16.5. The van der Waals surface area contributed by atoms with Gasteiger partial charge in [-0.1, -0.05) is 6.07 Å². The van der Waals surface area contributed by atoms with Crippen molar-refractivity contribution >= 4 is 5.97 Å². The number of carbonyl (C=O) groups is 1. The summed E-state index contributed by atoms with van der Waals surface area (Å²) in [4.78, 5) is 11.2. The van der Waals surface area contributed by atoms with Crippen molar-refractivity contribution in [1.82, 2.24) is 0 Å². The van der Waals surface area contributed by atoms with Crippen molar-refractivity contribution in [1.29, 1.82) is 0 Å². The van der Waals surface area contributed by atoms with Gasteiger partial charge in [0.05, 0.1) is 19.1 Å². The predicted octanol–water partition coefficient (Wildman–Crippen LogP) is 1.05. The zero-order valence-electron chi connectivity index (χ0n) is 10.5. The Hall–Kier alpha value is -1.59. The summed E-state index contributed by atoms with van der Waals surface area (Å²) in [7, 11) is 0. The Kier molecular flexibility index (Phi) is 5.12. The van der Waals surface area contributed by atoms with Crippen LogP contribution in [0.3, 0.4) is 0 Å². The Morgan fingerprint density at radius 1 is 1.33 bits per heavy atom. The molecule has 1 aromatic carbocycles. The van der Waals surface area contributed by atoms with E-state index in [-0.39, 0.29) is 18.8 Å². The van der Waals surface area contributed by atoms with Crippen LogP contribution < -0.4 is 0 Å². The van der Waals surface area contributed by atoms with Crippen molar-refractivity contribution < 1.29 is 24.9 Å². The maximum atomic E-state index is 11.2. The molecule has 18 heavy (non-hydrogen) atoms. The lowest BCUT2D eigenvalue weighted by Crippen LogP contribution is -2.23. The monoisotopic (exact) mass is 254 g/mol. The molecule has 0 aromatic heterocycles. The highest BCUT2D eigenvalue weighted by Crippen LogP contribution is 2.24. The van der Waals surface area contributed by atoms with Gasteiger partial charge in [-0.15, -0.1) is 0 Å². The van der Waals surface area contributed by atoms with E-state index in [4.69, 9.17) is 0 Å². The Morgan fingerprint density at radius 2 is 2.00 bits per heavy atom. The van der Waals surface area contributed by atoms with Gasteiger partial charge in [-0.2, -0.15) is 0 Å². The van der Waals surface area contributed by atoms with Crippen LogP contribution in [0.4, 0.5) is 0 Å². The van der Waals surface area contributed by atoms with Crippen LogP contribution in [0.5, 0.6) is 5.75 Å². The van der Waals surface area contributed by atoms with E-state index in [9.17, 15) is 20.1 Å². The van der Waals surface area contributed by atoms with Crippen LogP contribution >= 0.6 is 0 Å². The first-order valence-electron chi connectivity index (χ1n) is 5.76. The third kappa shape index (κ3) is 4.01. The van der Waals surface area contributed by atoms with E-state index in [1.54, 1.807) is 19.9 Å². The Labute approximate surface area is 106 Å². The van der Waals surface area contributed by atoms with Gasteiger partial charge in [0.2, 0.25) is 0 Å². The Balaban J connectivity index is 2.73. The molecule has 0 spiro atoms. The number of hydrogen-bond acceptors (Lipinski definition) is 5. The number of ether oxygens (including phenoxy) is 1. The Bertz CT molecular complexity index is 396. The fourth-order valence-electron chi connectivity index (χ4n) is 1.69. The average molecular weight is 254 g/mol.